The molecule has 1 N–H and O–H groups in total. The van der Waals surface area contributed by atoms with Crippen molar-refractivity contribution in [3.63, 3.8) is 0 Å². The van der Waals surface area contributed by atoms with Crippen LogP contribution >= 0.6 is 0 Å². The molecule has 8 nitrogen and oxygen atoms in total. The zero-order chi connectivity index (χ0) is 21.0. The van der Waals surface area contributed by atoms with Gasteiger partial charge in [-0.25, -0.2) is 21.5 Å². The van der Waals surface area contributed by atoms with Crippen molar-refractivity contribution in [1.82, 2.24) is 19.8 Å². The second-order valence-corrected chi connectivity index (χ2v) is 9.78. The summed E-state index contributed by atoms with van der Waals surface area (Å²) in [4.78, 5) is 16.8. The van der Waals surface area contributed by atoms with Crippen molar-refractivity contribution in [2.24, 2.45) is 5.92 Å². The van der Waals surface area contributed by atoms with E-state index in [9.17, 15) is 22.0 Å². The minimum Gasteiger partial charge on any atom is -0.349 e. The third kappa shape index (κ3) is 3.52. The molecular weight excluding hydrogens is 406 g/mol. The molecule has 1 aliphatic heterocycles. The van der Waals surface area contributed by atoms with Crippen molar-refractivity contribution in [2.75, 3.05) is 19.3 Å². The lowest BCUT2D eigenvalue weighted by molar-refractivity contribution is 0.0934. The van der Waals surface area contributed by atoms with E-state index in [-0.39, 0.29) is 30.6 Å². The van der Waals surface area contributed by atoms with Gasteiger partial charge in [0.2, 0.25) is 15.9 Å². The summed E-state index contributed by atoms with van der Waals surface area (Å²) in [5.41, 5.74) is -0.683. The fourth-order valence-corrected chi connectivity index (χ4v) is 5.34. The van der Waals surface area contributed by atoms with Crippen LogP contribution in [0.2, 0.25) is 0 Å². The first kappa shape index (κ1) is 19.9. The van der Waals surface area contributed by atoms with Gasteiger partial charge in [-0.1, -0.05) is 5.16 Å². The van der Waals surface area contributed by atoms with Crippen molar-refractivity contribution in [3.8, 4) is 0 Å². The Balaban J connectivity index is 1.57. The maximum atomic E-state index is 13.4. The molecule has 3 atom stereocenters. The maximum absolute atomic E-state index is 13.4. The third-order valence-corrected chi connectivity index (χ3v) is 7.00. The molecule has 1 aliphatic carbocycles. The molecular formula is C18H20F2N4O4S. The largest absolute Gasteiger partial charge is 0.349 e. The van der Waals surface area contributed by atoms with E-state index in [1.165, 1.54) is 10.4 Å². The van der Waals surface area contributed by atoms with Crippen LogP contribution in [0.4, 0.5) is 8.78 Å². The Morgan fingerprint density at radius 2 is 2.10 bits per heavy atom. The number of nitrogens with zero attached hydrogens (tertiary/aromatic N) is 3. The van der Waals surface area contributed by atoms with E-state index in [1.54, 1.807) is 6.92 Å². The number of carbonyl (C=O) groups is 1. The fourth-order valence-electron chi connectivity index (χ4n) is 4.42. The number of fused-ring (bicyclic) bond motifs is 1. The maximum Gasteiger partial charge on any atom is 0.251 e. The molecule has 0 bridgehead atoms. The molecule has 1 aromatic heterocycles. The van der Waals surface area contributed by atoms with E-state index in [4.69, 9.17) is 4.52 Å². The molecule has 3 unspecified atom stereocenters. The van der Waals surface area contributed by atoms with E-state index < -0.39 is 33.0 Å². The molecule has 2 fully saturated rings. The summed E-state index contributed by atoms with van der Waals surface area (Å²) in [6.07, 6.45) is 2.06. The highest BCUT2D eigenvalue weighted by molar-refractivity contribution is 7.88. The quantitative estimate of drug-likeness (QED) is 0.792. The predicted octanol–water partition coefficient (Wildman–Crippen LogP) is 1.38. The summed E-state index contributed by atoms with van der Waals surface area (Å²) in [6.45, 7) is 2.16. The number of carbonyl (C=O) groups excluding carboxylic acids is 1. The zero-order valence-electron chi connectivity index (χ0n) is 15.9. The van der Waals surface area contributed by atoms with Crippen LogP contribution in [0.1, 0.15) is 34.9 Å². The Morgan fingerprint density at radius 1 is 1.34 bits per heavy atom. The summed E-state index contributed by atoms with van der Waals surface area (Å²) in [5.74, 6) is -1.96. The molecule has 29 heavy (non-hydrogen) atoms. The van der Waals surface area contributed by atoms with Crippen LogP contribution in [-0.4, -0.2) is 54.2 Å². The van der Waals surface area contributed by atoms with Crippen molar-refractivity contribution in [3.05, 3.63) is 47.1 Å². The van der Waals surface area contributed by atoms with Crippen LogP contribution in [0.15, 0.2) is 22.7 Å². The van der Waals surface area contributed by atoms with E-state index in [2.05, 4.69) is 15.5 Å². The number of sulfonamides is 1. The molecule has 2 aliphatic rings. The monoisotopic (exact) mass is 426 g/mol. The number of aryl methyl sites for hydroxylation is 1. The Morgan fingerprint density at radius 3 is 2.72 bits per heavy atom. The first-order valence-electron chi connectivity index (χ1n) is 9.10. The molecule has 2 aromatic rings. The Labute approximate surface area is 166 Å². The lowest BCUT2D eigenvalue weighted by Crippen LogP contribution is -2.39. The van der Waals surface area contributed by atoms with E-state index >= 15 is 0 Å². The molecule has 1 saturated heterocycles. The van der Waals surface area contributed by atoms with Gasteiger partial charge in [-0.2, -0.15) is 4.98 Å². The van der Waals surface area contributed by atoms with E-state index in [1.807, 2.05) is 0 Å². The van der Waals surface area contributed by atoms with E-state index in [0.29, 0.717) is 24.6 Å². The number of halogens is 2. The first-order chi connectivity index (χ1) is 13.6. The van der Waals surface area contributed by atoms with Gasteiger partial charge in [0, 0.05) is 24.7 Å². The minimum absolute atomic E-state index is 0.0152. The number of nitrogens with one attached hydrogen (secondary N) is 1. The molecule has 0 spiro atoms. The number of hydrogen-bond donors (Lipinski definition) is 1. The topological polar surface area (TPSA) is 105 Å². The van der Waals surface area contributed by atoms with Gasteiger partial charge in [0.25, 0.3) is 5.91 Å². The number of aromatic nitrogens is 2. The van der Waals surface area contributed by atoms with Crippen molar-refractivity contribution in [1.29, 1.82) is 0 Å². The van der Waals surface area contributed by atoms with Gasteiger partial charge in [-0.3, -0.25) is 4.79 Å². The average molecular weight is 426 g/mol. The number of hydrogen-bond acceptors (Lipinski definition) is 6. The van der Waals surface area contributed by atoms with Crippen molar-refractivity contribution in [2.45, 2.75) is 31.2 Å². The van der Waals surface area contributed by atoms with Crippen molar-refractivity contribution >= 4 is 15.9 Å². The number of amides is 1. The molecule has 2 heterocycles. The smallest absolute Gasteiger partial charge is 0.251 e. The highest BCUT2D eigenvalue weighted by Crippen LogP contribution is 2.50. The molecule has 156 valence electrons. The summed E-state index contributed by atoms with van der Waals surface area (Å²) in [5, 5.41) is 6.68. The van der Waals surface area contributed by atoms with Crippen molar-refractivity contribution < 1.29 is 26.5 Å². The van der Waals surface area contributed by atoms with Gasteiger partial charge in [0.05, 0.1) is 11.7 Å². The van der Waals surface area contributed by atoms with Crippen LogP contribution in [-0.2, 0) is 15.4 Å². The predicted molar refractivity (Wildman–Crippen MR) is 97.5 cm³/mol. The fraction of sp³-hybridized carbons (Fsp3) is 0.500. The lowest BCUT2D eigenvalue weighted by Gasteiger charge is -2.24. The Kier molecular flexibility index (Phi) is 4.69. The second kappa shape index (κ2) is 6.84. The van der Waals surface area contributed by atoms with Gasteiger partial charge in [0.15, 0.2) is 17.5 Å². The van der Waals surface area contributed by atoms with Crippen LogP contribution < -0.4 is 5.32 Å². The molecule has 0 radical (unpaired) electrons. The highest BCUT2D eigenvalue weighted by atomic mass is 32.2. The highest BCUT2D eigenvalue weighted by Gasteiger charge is 2.59. The summed E-state index contributed by atoms with van der Waals surface area (Å²) < 4.78 is 57.5. The molecule has 4 rings (SSSR count). The Hall–Kier alpha value is -2.40. The standard InChI is InChI=1S/C18H20F2N4O4S/c1-10-21-17(28-23-10)18-7-13(6-12(18)8-24(9-18)29(2,26)27)22-16(25)11-3-4-14(19)15(20)5-11/h3-5,12-13H,6-9H2,1-2H3,(H,22,25). The third-order valence-electron chi connectivity index (χ3n) is 5.78. The summed E-state index contributed by atoms with van der Waals surface area (Å²) in [7, 11) is -3.40. The van der Waals surface area contributed by atoms with Crippen LogP contribution in [0.25, 0.3) is 0 Å². The summed E-state index contributed by atoms with van der Waals surface area (Å²) in [6, 6.07) is 2.67. The second-order valence-electron chi connectivity index (χ2n) is 7.79. The normalized spacial score (nSPS) is 27.2. The number of benzene rings is 1. The van der Waals surface area contributed by atoms with Gasteiger partial charge in [0.1, 0.15) is 0 Å². The van der Waals surface area contributed by atoms with Gasteiger partial charge >= 0.3 is 0 Å². The van der Waals surface area contributed by atoms with Crippen LogP contribution in [0.5, 0.6) is 0 Å². The first-order valence-corrected chi connectivity index (χ1v) is 11.0. The SMILES string of the molecule is Cc1noc(C23CC(NC(=O)c4ccc(F)c(F)c4)CC2CN(S(C)(=O)=O)C3)n1. The van der Waals surface area contributed by atoms with Gasteiger partial charge in [-0.05, 0) is 43.9 Å². The van der Waals surface area contributed by atoms with Crippen LogP contribution in [0, 0.1) is 24.5 Å². The minimum atomic E-state index is -3.40. The molecule has 1 amide bonds. The average Bonchev–Trinajstić information content (AvgIpc) is 3.29. The zero-order valence-corrected chi connectivity index (χ0v) is 16.7. The molecule has 1 aromatic carbocycles. The van der Waals surface area contributed by atoms with Crippen LogP contribution in [0.3, 0.4) is 0 Å². The number of rotatable bonds is 4. The lowest BCUT2D eigenvalue weighted by atomic mass is 9.80. The van der Waals surface area contributed by atoms with Gasteiger partial charge < -0.3 is 9.84 Å². The molecule has 1 saturated carbocycles. The summed E-state index contributed by atoms with van der Waals surface area (Å²) >= 11 is 0. The van der Waals surface area contributed by atoms with E-state index in [0.717, 1.165) is 18.4 Å². The Bertz CT molecular complexity index is 1070. The molecule has 11 heteroatoms. The van der Waals surface area contributed by atoms with Gasteiger partial charge in [-0.15, -0.1) is 0 Å².